The van der Waals surface area contributed by atoms with Gasteiger partial charge in [-0.15, -0.1) is 0 Å². The van der Waals surface area contributed by atoms with Crippen molar-refractivity contribution in [1.82, 2.24) is 4.98 Å². The molecule has 4 nitrogen and oxygen atoms in total. The van der Waals surface area contributed by atoms with Gasteiger partial charge in [-0.2, -0.15) is 0 Å². The summed E-state index contributed by atoms with van der Waals surface area (Å²) >= 11 is 0. The molecule has 0 spiro atoms. The van der Waals surface area contributed by atoms with Gasteiger partial charge < -0.3 is 9.15 Å². The van der Waals surface area contributed by atoms with E-state index < -0.39 is 5.97 Å². The van der Waals surface area contributed by atoms with Crippen LogP contribution >= 0.6 is 0 Å². The van der Waals surface area contributed by atoms with Crippen LogP contribution in [0.4, 0.5) is 4.39 Å². The molecule has 0 bridgehead atoms. The second kappa shape index (κ2) is 4.77. The summed E-state index contributed by atoms with van der Waals surface area (Å²) in [7, 11) is 1.32. The maximum atomic E-state index is 12.9. The van der Waals surface area contributed by atoms with E-state index in [4.69, 9.17) is 4.42 Å². The molecule has 0 N–H and O–H groups in total. The number of rotatable bonds is 2. The third-order valence-electron chi connectivity index (χ3n) is 2.90. The monoisotopic (exact) mass is 271 g/mol. The fourth-order valence-corrected chi connectivity index (χ4v) is 1.89. The van der Waals surface area contributed by atoms with E-state index >= 15 is 0 Å². The molecule has 0 unspecified atom stereocenters. The summed E-state index contributed by atoms with van der Waals surface area (Å²) in [5, 5.41) is 0. The fourth-order valence-electron chi connectivity index (χ4n) is 1.89. The van der Waals surface area contributed by atoms with E-state index in [1.807, 2.05) is 0 Å². The third kappa shape index (κ3) is 2.14. The van der Waals surface area contributed by atoms with Gasteiger partial charge in [0.15, 0.2) is 5.58 Å². The smallest absolute Gasteiger partial charge is 0.337 e. The molecule has 0 aliphatic heterocycles. The lowest BCUT2D eigenvalue weighted by atomic mass is 10.2. The van der Waals surface area contributed by atoms with Crippen LogP contribution in [0.1, 0.15) is 10.4 Å². The Hall–Kier alpha value is -2.69. The van der Waals surface area contributed by atoms with Crippen molar-refractivity contribution in [2.45, 2.75) is 0 Å². The standard InChI is InChI=1S/C15H10FNO3/c1-19-15(18)10-4-7-12-13(8-10)20-14(17-12)9-2-5-11(16)6-3-9/h2-8H,1H3. The van der Waals surface area contributed by atoms with Crippen LogP contribution in [0.5, 0.6) is 0 Å². The quantitative estimate of drug-likeness (QED) is 0.670. The molecule has 0 fully saturated rings. The molecule has 0 atom stereocenters. The normalized spacial score (nSPS) is 10.7. The second-order valence-corrected chi connectivity index (χ2v) is 4.20. The van der Waals surface area contributed by atoms with E-state index in [1.54, 1.807) is 30.3 Å². The molecule has 1 aromatic heterocycles. The Bertz CT molecular complexity index is 777. The molecule has 3 rings (SSSR count). The Morgan fingerprint density at radius 3 is 2.65 bits per heavy atom. The molecule has 0 aliphatic carbocycles. The van der Waals surface area contributed by atoms with Gasteiger partial charge in [0.2, 0.25) is 5.89 Å². The minimum Gasteiger partial charge on any atom is -0.465 e. The van der Waals surface area contributed by atoms with Gasteiger partial charge in [0.25, 0.3) is 0 Å². The van der Waals surface area contributed by atoms with E-state index in [-0.39, 0.29) is 5.82 Å². The average Bonchev–Trinajstić information content (AvgIpc) is 2.90. The van der Waals surface area contributed by atoms with Crippen LogP contribution in [0.2, 0.25) is 0 Å². The highest BCUT2D eigenvalue weighted by atomic mass is 19.1. The number of benzene rings is 2. The number of aromatic nitrogens is 1. The first-order valence-electron chi connectivity index (χ1n) is 5.92. The Morgan fingerprint density at radius 1 is 1.20 bits per heavy atom. The van der Waals surface area contributed by atoms with Gasteiger partial charge in [0.1, 0.15) is 11.3 Å². The summed E-state index contributed by atoms with van der Waals surface area (Å²) in [6.45, 7) is 0. The first-order chi connectivity index (χ1) is 9.67. The number of hydrogen-bond acceptors (Lipinski definition) is 4. The molecule has 0 saturated carbocycles. The Balaban J connectivity index is 2.06. The molecule has 20 heavy (non-hydrogen) atoms. The van der Waals surface area contributed by atoms with E-state index in [9.17, 15) is 9.18 Å². The zero-order chi connectivity index (χ0) is 14.1. The molecule has 0 aliphatic rings. The van der Waals surface area contributed by atoms with Crippen molar-refractivity contribution < 1.29 is 18.3 Å². The first kappa shape index (κ1) is 12.3. The van der Waals surface area contributed by atoms with E-state index in [1.165, 1.54) is 19.2 Å². The molecular formula is C15H10FNO3. The van der Waals surface area contributed by atoms with Crippen LogP contribution in [-0.2, 0) is 4.74 Å². The van der Waals surface area contributed by atoms with Gasteiger partial charge in [0, 0.05) is 5.56 Å². The number of esters is 1. The highest BCUT2D eigenvalue weighted by Crippen LogP contribution is 2.25. The van der Waals surface area contributed by atoms with Crippen LogP contribution < -0.4 is 0 Å². The minimum atomic E-state index is -0.438. The van der Waals surface area contributed by atoms with Gasteiger partial charge >= 0.3 is 5.97 Å². The van der Waals surface area contributed by atoms with Crippen molar-refractivity contribution >= 4 is 17.1 Å². The summed E-state index contributed by atoms with van der Waals surface area (Å²) in [5.41, 5.74) is 2.16. The highest BCUT2D eigenvalue weighted by Gasteiger charge is 2.12. The number of methoxy groups -OCH3 is 1. The third-order valence-corrected chi connectivity index (χ3v) is 2.90. The minimum absolute atomic E-state index is 0.321. The summed E-state index contributed by atoms with van der Waals surface area (Å²) in [4.78, 5) is 15.7. The molecule has 3 aromatic rings. The van der Waals surface area contributed by atoms with Crippen molar-refractivity contribution in [3.63, 3.8) is 0 Å². The van der Waals surface area contributed by atoms with E-state index in [2.05, 4.69) is 9.72 Å². The van der Waals surface area contributed by atoms with Gasteiger partial charge in [-0.3, -0.25) is 0 Å². The molecule has 1 heterocycles. The SMILES string of the molecule is COC(=O)c1ccc2nc(-c3ccc(F)cc3)oc2c1. The number of carbonyl (C=O) groups is 1. The summed E-state index contributed by atoms with van der Waals surface area (Å²) < 4.78 is 23.1. The topological polar surface area (TPSA) is 52.3 Å². The fraction of sp³-hybridized carbons (Fsp3) is 0.0667. The lowest BCUT2D eigenvalue weighted by molar-refractivity contribution is 0.0601. The molecule has 0 saturated heterocycles. The molecule has 5 heteroatoms. The van der Waals surface area contributed by atoms with Crippen molar-refractivity contribution in [2.24, 2.45) is 0 Å². The average molecular weight is 271 g/mol. The predicted octanol–water partition coefficient (Wildman–Crippen LogP) is 3.42. The van der Waals surface area contributed by atoms with Gasteiger partial charge in [0.05, 0.1) is 12.7 Å². The van der Waals surface area contributed by atoms with Crippen molar-refractivity contribution in [2.75, 3.05) is 7.11 Å². The maximum absolute atomic E-state index is 12.9. The second-order valence-electron chi connectivity index (χ2n) is 4.20. The van der Waals surface area contributed by atoms with E-state index in [0.29, 0.717) is 28.1 Å². The van der Waals surface area contributed by atoms with Gasteiger partial charge in [-0.05, 0) is 42.5 Å². The lowest BCUT2D eigenvalue weighted by Gasteiger charge is -1.96. The van der Waals surface area contributed by atoms with Crippen LogP contribution in [0.25, 0.3) is 22.6 Å². The van der Waals surface area contributed by atoms with E-state index in [0.717, 1.165) is 0 Å². The van der Waals surface area contributed by atoms with Crippen molar-refractivity contribution in [1.29, 1.82) is 0 Å². The Kier molecular flexibility index (Phi) is 2.95. The summed E-state index contributed by atoms with van der Waals surface area (Å²) in [6, 6.07) is 10.7. The maximum Gasteiger partial charge on any atom is 0.337 e. The zero-order valence-corrected chi connectivity index (χ0v) is 10.6. The van der Waals surface area contributed by atoms with Crippen LogP contribution in [-0.4, -0.2) is 18.1 Å². The number of hydrogen-bond donors (Lipinski definition) is 0. The first-order valence-corrected chi connectivity index (χ1v) is 5.92. The van der Waals surface area contributed by atoms with Crippen LogP contribution in [0.15, 0.2) is 46.9 Å². The molecule has 2 aromatic carbocycles. The highest BCUT2D eigenvalue weighted by molar-refractivity contribution is 5.93. The predicted molar refractivity (Wildman–Crippen MR) is 70.7 cm³/mol. The molecule has 0 radical (unpaired) electrons. The van der Waals surface area contributed by atoms with Crippen LogP contribution in [0.3, 0.4) is 0 Å². The molecular weight excluding hydrogens is 261 g/mol. The number of oxazole rings is 1. The lowest BCUT2D eigenvalue weighted by Crippen LogP contribution is -2.00. The van der Waals surface area contributed by atoms with Crippen LogP contribution in [0, 0.1) is 5.82 Å². The Labute approximate surface area is 113 Å². The largest absolute Gasteiger partial charge is 0.465 e. The molecule has 0 amide bonds. The van der Waals surface area contributed by atoms with Gasteiger partial charge in [-0.1, -0.05) is 0 Å². The van der Waals surface area contributed by atoms with Gasteiger partial charge in [-0.25, -0.2) is 14.2 Å². The number of ether oxygens (including phenoxy) is 1. The number of carbonyl (C=O) groups excluding carboxylic acids is 1. The summed E-state index contributed by atoms with van der Waals surface area (Å²) in [5.74, 6) is -0.383. The number of halogens is 1. The Morgan fingerprint density at radius 2 is 1.95 bits per heavy atom. The zero-order valence-electron chi connectivity index (χ0n) is 10.6. The number of nitrogens with zero attached hydrogens (tertiary/aromatic N) is 1. The molecule has 100 valence electrons. The van der Waals surface area contributed by atoms with Crippen molar-refractivity contribution in [3.8, 4) is 11.5 Å². The summed E-state index contributed by atoms with van der Waals surface area (Å²) in [6.07, 6.45) is 0. The number of fused-ring (bicyclic) bond motifs is 1. The van der Waals surface area contributed by atoms with Crippen molar-refractivity contribution in [3.05, 3.63) is 53.8 Å².